The van der Waals surface area contributed by atoms with E-state index in [1.807, 2.05) is 0 Å². The molecule has 1 aromatic carbocycles. The topological polar surface area (TPSA) is 153 Å². The van der Waals surface area contributed by atoms with Gasteiger partial charge in [-0.05, 0) is 12.1 Å². The number of carbonyl (C=O) groups is 2. The number of benzene rings is 1. The van der Waals surface area contributed by atoms with E-state index < -0.39 is 23.3 Å². The number of hydrogen-bond acceptors (Lipinski definition) is 6. The van der Waals surface area contributed by atoms with Gasteiger partial charge in [-0.15, -0.1) is 0 Å². The van der Waals surface area contributed by atoms with Crippen LogP contribution in [-0.4, -0.2) is 34.9 Å². The van der Waals surface area contributed by atoms with Crippen LogP contribution in [0.1, 0.15) is 5.56 Å². The largest absolute Gasteiger partial charge is 0.391 e. The summed E-state index contributed by atoms with van der Waals surface area (Å²) < 4.78 is 0. The third-order valence-corrected chi connectivity index (χ3v) is 2.49. The third-order valence-electron chi connectivity index (χ3n) is 2.49. The number of nitro benzene ring substituents is 1. The summed E-state index contributed by atoms with van der Waals surface area (Å²) in [6.45, 7) is -1.09. The molecule has 20 heavy (non-hydrogen) atoms. The van der Waals surface area contributed by atoms with Crippen molar-refractivity contribution < 1.29 is 19.6 Å². The van der Waals surface area contributed by atoms with Crippen molar-refractivity contribution in [2.24, 2.45) is 11.5 Å². The third kappa shape index (κ3) is 3.92. The van der Waals surface area contributed by atoms with Crippen molar-refractivity contribution >= 4 is 23.2 Å². The van der Waals surface area contributed by atoms with Crippen LogP contribution < -0.4 is 16.4 Å². The molecule has 0 aliphatic heterocycles. The molecule has 0 atom stereocenters. The van der Waals surface area contributed by atoms with E-state index in [0.29, 0.717) is 5.69 Å². The molecular formula is C11H14N4O5. The molecule has 1 rings (SSSR count). The molecule has 0 heterocycles. The van der Waals surface area contributed by atoms with Crippen molar-refractivity contribution in [2.75, 3.05) is 18.0 Å². The fourth-order valence-corrected chi connectivity index (χ4v) is 1.69. The molecule has 0 bridgehead atoms. The second-order valence-electron chi connectivity index (χ2n) is 4.02. The van der Waals surface area contributed by atoms with Crippen LogP contribution in [0.4, 0.5) is 11.4 Å². The summed E-state index contributed by atoms with van der Waals surface area (Å²) >= 11 is 0. The zero-order valence-electron chi connectivity index (χ0n) is 10.5. The van der Waals surface area contributed by atoms with Crippen LogP contribution in [-0.2, 0) is 16.2 Å². The maximum Gasteiger partial charge on any atom is 0.275 e. The molecule has 0 spiro atoms. The molecule has 5 N–H and O–H groups in total. The Hall–Kier alpha value is -2.68. The zero-order valence-corrected chi connectivity index (χ0v) is 10.5. The quantitative estimate of drug-likeness (QED) is 0.424. The number of primary amides is 2. The van der Waals surface area contributed by atoms with Crippen molar-refractivity contribution in [3.63, 3.8) is 0 Å². The molecule has 108 valence electrons. The number of amides is 2. The first kappa shape index (κ1) is 15.4. The predicted octanol–water partition coefficient (Wildman–Crippen LogP) is -1.14. The first-order chi connectivity index (χ1) is 9.35. The molecule has 2 amide bonds. The second-order valence-corrected chi connectivity index (χ2v) is 4.02. The van der Waals surface area contributed by atoms with Gasteiger partial charge in [0.25, 0.3) is 5.69 Å². The summed E-state index contributed by atoms with van der Waals surface area (Å²) in [6.07, 6.45) is 0. The van der Waals surface area contributed by atoms with Gasteiger partial charge in [-0.1, -0.05) is 0 Å². The van der Waals surface area contributed by atoms with Crippen LogP contribution in [0.25, 0.3) is 0 Å². The second kappa shape index (κ2) is 6.48. The van der Waals surface area contributed by atoms with Crippen LogP contribution in [0.2, 0.25) is 0 Å². The SMILES string of the molecule is NC(=O)CN(CC(N)=O)c1ccc([N+](=O)[O-])c(CO)c1. The van der Waals surface area contributed by atoms with Crippen molar-refractivity contribution in [3.05, 3.63) is 33.9 Å². The Morgan fingerprint density at radius 1 is 1.25 bits per heavy atom. The van der Waals surface area contributed by atoms with E-state index in [-0.39, 0.29) is 24.3 Å². The standard InChI is InChI=1S/C11H14N4O5/c12-10(17)4-14(5-11(13)18)8-1-2-9(15(19)20)7(3-8)6-16/h1-3,16H,4-6H2,(H2,12,17)(H2,13,18). The summed E-state index contributed by atoms with van der Waals surface area (Å²) in [5.74, 6) is -1.37. The number of nitrogens with two attached hydrogens (primary N) is 2. The fourth-order valence-electron chi connectivity index (χ4n) is 1.69. The molecule has 9 nitrogen and oxygen atoms in total. The monoisotopic (exact) mass is 282 g/mol. The van der Waals surface area contributed by atoms with Crippen LogP contribution in [0.3, 0.4) is 0 Å². The number of nitro groups is 1. The Bertz CT molecular complexity index is 530. The molecule has 0 aliphatic rings. The van der Waals surface area contributed by atoms with Gasteiger partial charge >= 0.3 is 0 Å². The summed E-state index contributed by atoms with van der Waals surface area (Å²) in [7, 11) is 0. The Labute approximate surface area is 113 Å². The summed E-state index contributed by atoms with van der Waals surface area (Å²) in [5.41, 5.74) is 10.3. The van der Waals surface area contributed by atoms with Crippen LogP contribution in [0, 0.1) is 10.1 Å². The van der Waals surface area contributed by atoms with Crippen molar-refractivity contribution in [3.8, 4) is 0 Å². The summed E-state index contributed by atoms with van der Waals surface area (Å²) in [6, 6.07) is 3.84. The van der Waals surface area contributed by atoms with Gasteiger partial charge in [0.2, 0.25) is 11.8 Å². The minimum absolute atomic E-state index is 0.0615. The van der Waals surface area contributed by atoms with Crippen molar-refractivity contribution in [1.29, 1.82) is 0 Å². The lowest BCUT2D eigenvalue weighted by Crippen LogP contribution is -2.39. The molecule has 9 heteroatoms. The number of rotatable bonds is 7. The molecular weight excluding hydrogens is 268 g/mol. The molecule has 0 saturated carbocycles. The highest BCUT2D eigenvalue weighted by molar-refractivity contribution is 5.85. The number of aliphatic hydroxyl groups is 1. The smallest absolute Gasteiger partial charge is 0.275 e. The maximum absolute atomic E-state index is 11.0. The number of anilines is 1. The van der Waals surface area contributed by atoms with Gasteiger partial charge in [-0.2, -0.15) is 0 Å². The first-order valence-electron chi connectivity index (χ1n) is 5.55. The number of aliphatic hydroxyl groups excluding tert-OH is 1. The highest BCUT2D eigenvalue weighted by Crippen LogP contribution is 2.25. The maximum atomic E-state index is 11.0. The average molecular weight is 282 g/mol. The van der Waals surface area contributed by atoms with Crippen molar-refractivity contribution in [2.45, 2.75) is 6.61 Å². The minimum Gasteiger partial charge on any atom is -0.391 e. The Morgan fingerprint density at radius 2 is 1.80 bits per heavy atom. The molecule has 0 saturated heterocycles. The lowest BCUT2D eigenvalue weighted by molar-refractivity contribution is -0.385. The normalized spacial score (nSPS) is 10.1. The van der Waals surface area contributed by atoms with Crippen molar-refractivity contribution in [1.82, 2.24) is 0 Å². The van der Waals surface area contributed by atoms with E-state index in [0.717, 1.165) is 0 Å². The number of nitrogens with zero attached hydrogens (tertiary/aromatic N) is 2. The van der Waals surface area contributed by atoms with Gasteiger partial charge in [-0.3, -0.25) is 19.7 Å². The Balaban J connectivity index is 3.16. The first-order valence-corrected chi connectivity index (χ1v) is 5.55. The van der Waals surface area contributed by atoms with Gasteiger partial charge in [0.1, 0.15) is 0 Å². The van der Waals surface area contributed by atoms with E-state index in [2.05, 4.69) is 0 Å². The molecule has 0 radical (unpaired) electrons. The molecule has 1 aromatic rings. The van der Waals surface area contributed by atoms with Crippen LogP contribution in [0.5, 0.6) is 0 Å². The number of carbonyl (C=O) groups excluding carboxylic acids is 2. The molecule has 0 fully saturated rings. The molecule has 0 aliphatic carbocycles. The van der Waals surface area contributed by atoms with E-state index in [1.165, 1.54) is 23.1 Å². The summed E-state index contributed by atoms with van der Waals surface area (Å²) in [4.78, 5) is 33.3. The van der Waals surface area contributed by atoms with Gasteiger partial charge in [0, 0.05) is 11.8 Å². The highest BCUT2D eigenvalue weighted by Gasteiger charge is 2.18. The van der Waals surface area contributed by atoms with Gasteiger partial charge in [0.15, 0.2) is 0 Å². The Morgan fingerprint density at radius 3 is 2.20 bits per heavy atom. The zero-order chi connectivity index (χ0) is 15.3. The number of hydrogen-bond donors (Lipinski definition) is 3. The van der Waals surface area contributed by atoms with Crippen LogP contribution in [0.15, 0.2) is 18.2 Å². The average Bonchev–Trinajstić information content (AvgIpc) is 2.35. The van der Waals surface area contributed by atoms with E-state index in [4.69, 9.17) is 16.6 Å². The molecule has 0 aromatic heterocycles. The predicted molar refractivity (Wildman–Crippen MR) is 69.6 cm³/mol. The summed E-state index contributed by atoms with van der Waals surface area (Å²) in [5, 5.41) is 19.9. The molecule has 0 unspecified atom stereocenters. The van der Waals surface area contributed by atoms with Gasteiger partial charge in [0.05, 0.1) is 30.2 Å². The van der Waals surface area contributed by atoms with Gasteiger partial charge in [-0.25, -0.2) is 0 Å². The van der Waals surface area contributed by atoms with E-state index in [1.54, 1.807) is 0 Å². The minimum atomic E-state index is -0.685. The fraction of sp³-hybridized carbons (Fsp3) is 0.273. The lowest BCUT2D eigenvalue weighted by Gasteiger charge is -2.22. The highest BCUT2D eigenvalue weighted by atomic mass is 16.6. The van der Waals surface area contributed by atoms with Gasteiger partial charge < -0.3 is 21.5 Å². The Kier molecular flexibility index (Phi) is 4.98. The van der Waals surface area contributed by atoms with E-state index in [9.17, 15) is 19.7 Å². The van der Waals surface area contributed by atoms with E-state index >= 15 is 0 Å². The van der Waals surface area contributed by atoms with Crippen LogP contribution >= 0.6 is 0 Å². The lowest BCUT2D eigenvalue weighted by atomic mass is 10.1.